The third-order valence-electron chi connectivity index (χ3n) is 1.35. The molecule has 0 atom stereocenters. The third-order valence-corrected chi connectivity index (χ3v) is 1.35. The molecule has 0 saturated heterocycles. The fourth-order valence-electron chi connectivity index (χ4n) is 0.885. The summed E-state index contributed by atoms with van der Waals surface area (Å²) in [5.41, 5.74) is 1.09. The average Bonchev–Trinajstić information content (AvgIpc) is 2.46. The molecule has 0 radical (unpaired) electrons. The molecule has 0 aliphatic heterocycles. The van der Waals surface area contributed by atoms with Crippen LogP contribution in [-0.4, -0.2) is 14.6 Å². The highest BCUT2D eigenvalue weighted by Gasteiger charge is 1.97. The average molecular weight is 144 g/mol. The molecule has 0 spiro atoms. The van der Waals surface area contributed by atoms with E-state index in [9.17, 15) is 0 Å². The van der Waals surface area contributed by atoms with E-state index in [-0.39, 0.29) is 0 Å². The molecule has 0 fully saturated rings. The van der Waals surface area contributed by atoms with Crippen LogP contribution in [0.5, 0.6) is 0 Å². The Labute approximate surface area is 62.7 Å². The van der Waals surface area contributed by atoms with Crippen LogP contribution in [0.2, 0.25) is 0 Å². The topological polar surface area (TPSA) is 54.0 Å². The van der Waals surface area contributed by atoms with E-state index in [1.54, 1.807) is 29.0 Å². The quantitative estimate of drug-likeness (QED) is 0.544. The highest BCUT2D eigenvalue weighted by Crippen LogP contribution is 1.99. The van der Waals surface area contributed by atoms with Crippen LogP contribution in [0.15, 0.2) is 24.5 Å². The largest absolute Gasteiger partial charge is 0.220 e. The molecule has 2 aromatic rings. The summed E-state index contributed by atoms with van der Waals surface area (Å²) >= 11 is 0. The summed E-state index contributed by atoms with van der Waals surface area (Å²) in [5, 5.41) is 12.4. The molecule has 0 saturated carbocycles. The Morgan fingerprint density at radius 3 is 3.18 bits per heavy atom. The molecule has 2 rings (SSSR count). The second-order valence-electron chi connectivity index (χ2n) is 2.06. The Balaban J connectivity index is 2.81. The van der Waals surface area contributed by atoms with Gasteiger partial charge in [-0.3, -0.25) is 0 Å². The van der Waals surface area contributed by atoms with Crippen LogP contribution < -0.4 is 0 Å². The van der Waals surface area contributed by atoms with Gasteiger partial charge in [-0.2, -0.15) is 10.4 Å². The number of fused-ring (bicyclic) bond motifs is 1. The molecular weight excluding hydrogens is 140 g/mol. The van der Waals surface area contributed by atoms with Gasteiger partial charge in [-0.05, 0) is 12.1 Å². The Bertz CT molecular complexity index is 390. The van der Waals surface area contributed by atoms with Crippen molar-refractivity contribution < 1.29 is 0 Å². The van der Waals surface area contributed by atoms with Crippen molar-refractivity contribution in [2.75, 3.05) is 0 Å². The lowest BCUT2D eigenvalue weighted by atomic mass is 10.5. The van der Waals surface area contributed by atoms with E-state index in [0.29, 0.717) is 11.3 Å². The molecule has 4 heteroatoms. The molecule has 2 heterocycles. The molecule has 0 amide bonds. The number of nitrogens with zero attached hydrogens (tertiary/aromatic N) is 4. The van der Waals surface area contributed by atoms with Gasteiger partial charge in [0, 0.05) is 6.20 Å². The van der Waals surface area contributed by atoms with Gasteiger partial charge in [0.25, 0.3) is 0 Å². The minimum Gasteiger partial charge on any atom is -0.220 e. The predicted octanol–water partition coefficient (Wildman–Crippen LogP) is 0.601. The first-order chi connectivity index (χ1) is 5.40. The highest BCUT2D eigenvalue weighted by molar-refractivity contribution is 5.40. The highest BCUT2D eigenvalue weighted by atomic mass is 15.2. The van der Waals surface area contributed by atoms with Crippen LogP contribution in [0.3, 0.4) is 0 Å². The van der Waals surface area contributed by atoms with E-state index in [2.05, 4.69) is 10.1 Å². The first-order valence-electron chi connectivity index (χ1n) is 3.10. The van der Waals surface area contributed by atoms with Gasteiger partial charge in [0.2, 0.25) is 0 Å². The van der Waals surface area contributed by atoms with E-state index in [0.717, 1.165) is 0 Å². The number of aromatic nitrogens is 3. The van der Waals surface area contributed by atoms with Crippen molar-refractivity contribution in [2.45, 2.75) is 0 Å². The summed E-state index contributed by atoms with van der Waals surface area (Å²) < 4.78 is 1.57. The maximum Gasteiger partial charge on any atom is 0.161 e. The van der Waals surface area contributed by atoms with Gasteiger partial charge in [0.15, 0.2) is 11.3 Å². The van der Waals surface area contributed by atoms with Gasteiger partial charge < -0.3 is 0 Å². The van der Waals surface area contributed by atoms with Gasteiger partial charge >= 0.3 is 0 Å². The fraction of sp³-hybridized carbons (Fsp3) is 0. The van der Waals surface area contributed by atoms with Crippen molar-refractivity contribution in [1.82, 2.24) is 14.6 Å². The normalized spacial score (nSPS) is 9.73. The van der Waals surface area contributed by atoms with Crippen molar-refractivity contribution in [3.8, 4) is 6.07 Å². The van der Waals surface area contributed by atoms with Crippen molar-refractivity contribution in [3.05, 3.63) is 30.2 Å². The number of rotatable bonds is 0. The first kappa shape index (κ1) is 5.86. The summed E-state index contributed by atoms with van der Waals surface area (Å²) in [5.74, 6) is 0. The Kier molecular flexibility index (Phi) is 1.10. The zero-order valence-corrected chi connectivity index (χ0v) is 5.60. The second-order valence-corrected chi connectivity index (χ2v) is 2.06. The van der Waals surface area contributed by atoms with E-state index in [1.807, 2.05) is 6.07 Å². The van der Waals surface area contributed by atoms with E-state index < -0.39 is 0 Å². The van der Waals surface area contributed by atoms with Gasteiger partial charge in [0.05, 0.1) is 6.20 Å². The summed E-state index contributed by atoms with van der Waals surface area (Å²) in [6.07, 6.45) is 3.24. The number of imidazole rings is 1. The maximum absolute atomic E-state index is 8.49. The molecule has 0 aliphatic carbocycles. The van der Waals surface area contributed by atoms with Crippen LogP contribution in [0.4, 0.5) is 0 Å². The number of hydrogen-bond donors (Lipinski definition) is 0. The number of nitriles is 1. The minimum absolute atomic E-state index is 0.392. The van der Waals surface area contributed by atoms with Crippen LogP contribution in [0, 0.1) is 11.3 Å². The molecule has 2 aromatic heterocycles. The van der Waals surface area contributed by atoms with E-state index in [1.165, 1.54) is 0 Å². The lowest BCUT2D eigenvalue weighted by Gasteiger charge is -1.85. The standard InChI is InChI=1S/C7H4N4/c8-4-6-5-11-7(10-6)2-1-3-9-11/h1-3,5H. The van der Waals surface area contributed by atoms with E-state index in [4.69, 9.17) is 5.26 Å². The summed E-state index contributed by atoms with van der Waals surface area (Å²) in [6, 6.07) is 5.53. The molecule has 0 bridgehead atoms. The Morgan fingerprint density at radius 2 is 2.45 bits per heavy atom. The van der Waals surface area contributed by atoms with Crippen LogP contribution in [0.1, 0.15) is 5.69 Å². The lowest BCUT2D eigenvalue weighted by Crippen LogP contribution is -1.85. The zero-order chi connectivity index (χ0) is 7.68. The van der Waals surface area contributed by atoms with Crippen LogP contribution >= 0.6 is 0 Å². The van der Waals surface area contributed by atoms with Gasteiger partial charge in [0.1, 0.15) is 6.07 Å². The SMILES string of the molecule is N#Cc1cn2ncccc2n1. The summed E-state index contributed by atoms with van der Waals surface area (Å²) in [4.78, 5) is 3.97. The maximum atomic E-state index is 8.49. The fourth-order valence-corrected chi connectivity index (χ4v) is 0.885. The first-order valence-corrected chi connectivity index (χ1v) is 3.10. The Morgan fingerprint density at radius 1 is 1.55 bits per heavy atom. The van der Waals surface area contributed by atoms with Crippen LogP contribution in [0.25, 0.3) is 5.65 Å². The molecule has 4 nitrogen and oxygen atoms in total. The molecule has 11 heavy (non-hydrogen) atoms. The molecule has 0 aliphatic rings. The van der Waals surface area contributed by atoms with Gasteiger partial charge in [-0.15, -0.1) is 0 Å². The minimum atomic E-state index is 0.392. The van der Waals surface area contributed by atoms with E-state index >= 15 is 0 Å². The molecule has 52 valence electrons. The summed E-state index contributed by atoms with van der Waals surface area (Å²) in [7, 11) is 0. The third kappa shape index (κ3) is 0.829. The van der Waals surface area contributed by atoms with Crippen LogP contribution in [-0.2, 0) is 0 Å². The summed E-state index contributed by atoms with van der Waals surface area (Å²) in [6.45, 7) is 0. The predicted molar refractivity (Wildman–Crippen MR) is 37.7 cm³/mol. The monoisotopic (exact) mass is 144 g/mol. The van der Waals surface area contributed by atoms with Crippen molar-refractivity contribution >= 4 is 5.65 Å². The molecule has 0 N–H and O–H groups in total. The molecule has 0 unspecified atom stereocenters. The van der Waals surface area contributed by atoms with Crippen molar-refractivity contribution in [2.24, 2.45) is 0 Å². The van der Waals surface area contributed by atoms with Gasteiger partial charge in [-0.1, -0.05) is 0 Å². The van der Waals surface area contributed by atoms with Crippen molar-refractivity contribution in [1.29, 1.82) is 5.26 Å². The molecular formula is C7H4N4. The number of hydrogen-bond acceptors (Lipinski definition) is 3. The zero-order valence-electron chi connectivity index (χ0n) is 5.60. The molecule has 0 aromatic carbocycles. The lowest BCUT2D eigenvalue weighted by molar-refractivity contribution is 0.935. The van der Waals surface area contributed by atoms with Crippen molar-refractivity contribution in [3.63, 3.8) is 0 Å². The smallest absolute Gasteiger partial charge is 0.161 e. The second kappa shape index (κ2) is 2.06. The van der Waals surface area contributed by atoms with Gasteiger partial charge in [-0.25, -0.2) is 9.50 Å². The Hall–Kier alpha value is -1.89.